The fraction of sp³-hybridized carbons (Fsp3) is 0.514. The van der Waals surface area contributed by atoms with E-state index in [9.17, 15) is 14.4 Å². The van der Waals surface area contributed by atoms with Crippen molar-refractivity contribution < 1.29 is 23.8 Å². The summed E-state index contributed by atoms with van der Waals surface area (Å²) in [5, 5.41) is 9.54. The number of ether oxygens (including phenoxy) is 3. The molecular weight excluding hydrogens is 558 g/mol. The Bertz CT molecular complexity index is 1500. The second-order valence-electron chi connectivity index (χ2n) is 12.4. The molecule has 0 aromatic heterocycles. The van der Waals surface area contributed by atoms with Gasteiger partial charge in [-0.25, -0.2) is 0 Å². The molecule has 3 aliphatic carbocycles. The molecule has 44 heavy (non-hydrogen) atoms. The third-order valence-corrected chi connectivity index (χ3v) is 9.68. The highest BCUT2D eigenvalue weighted by Gasteiger charge is 2.36. The molecule has 3 aliphatic rings. The van der Waals surface area contributed by atoms with E-state index in [1.807, 2.05) is 26.0 Å². The molecule has 0 radical (unpaired) electrons. The largest absolute Gasteiger partial charge is 0.493 e. The van der Waals surface area contributed by atoms with Crippen molar-refractivity contribution >= 4 is 17.5 Å². The monoisotopic (exact) mass is 603 g/mol. The van der Waals surface area contributed by atoms with Crippen molar-refractivity contribution in [3.8, 4) is 28.4 Å². The number of anilines is 1. The molecule has 9 nitrogen and oxygen atoms in total. The summed E-state index contributed by atoms with van der Waals surface area (Å²) in [6.45, 7) is 6.18. The first kappa shape index (κ1) is 31.4. The number of rotatable bonds is 11. The summed E-state index contributed by atoms with van der Waals surface area (Å²) >= 11 is 0. The summed E-state index contributed by atoms with van der Waals surface area (Å²) in [7, 11) is 4.71. The maximum Gasteiger partial charge on any atom is 0.242 e. The zero-order valence-electron chi connectivity index (χ0n) is 26.6. The lowest BCUT2D eigenvalue weighted by Gasteiger charge is -2.26. The van der Waals surface area contributed by atoms with Crippen LogP contribution in [-0.4, -0.2) is 45.7 Å². The molecule has 2 aromatic rings. The number of amides is 2. The second-order valence-corrected chi connectivity index (χ2v) is 12.4. The first-order valence-corrected chi connectivity index (χ1v) is 15.7. The first-order chi connectivity index (χ1) is 21.2. The smallest absolute Gasteiger partial charge is 0.242 e. The number of methoxy groups -OCH3 is 3. The van der Waals surface area contributed by atoms with Gasteiger partial charge in [-0.1, -0.05) is 38.5 Å². The molecule has 0 aliphatic heterocycles. The van der Waals surface area contributed by atoms with Gasteiger partial charge in [0, 0.05) is 19.0 Å². The molecule has 6 atom stereocenters. The Kier molecular flexibility index (Phi) is 9.51. The summed E-state index contributed by atoms with van der Waals surface area (Å²) in [6.07, 6.45) is 8.85. The highest BCUT2D eigenvalue weighted by molar-refractivity contribution is 5.86. The summed E-state index contributed by atoms with van der Waals surface area (Å²) < 4.78 is 17.2. The van der Waals surface area contributed by atoms with Gasteiger partial charge in [0.1, 0.15) is 6.04 Å². The van der Waals surface area contributed by atoms with Gasteiger partial charge in [-0.3, -0.25) is 14.4 Å². The molecule has 0 heterocycles. The number of hydrogen-bond donors (Lipinski definition) is 3. The van der Waals surface area contributed by atoms with Crippen LogP contribution in [0.4, 0.5) is 5.69 Å². The van der Waals surface area contributed by atoms with Crippen molar-refractivity contribution in [1.29, 1.82) is 0 Å². The number of benzene rings is 1. The molecule has 2 aromatic carbocycles. The Hall–Kier alpha value is -4.01. The van der Waals surface area contributed by atoms with Gasteiger partial charge in [-0.15, -0.1) is 0 Å². The van der Waals surface area contributed by atoms with E-state index in [1.165, 1.54) is 13.3 Å². The highest BCUT2D eigenvalue weighted by atomic mass is 16.5. The predicted molar refractivity (Wildman–Crippen MR) is 171 cm³/mol. The number of hydrogen-bond acceptors (Lipinski definition) is 7. The fourth-order valence-electron chi connectivity index (χ4n) is 7.17. The number of aryl methyl sites for hydroxylation is 1. The Morgan fingerprint density at radius 2 is 1.80 bits per heavy atom. The first-order valence-electron chi connectivity index (χ1n) is 15.7. The van der Waals surface area contributed by atoms with Gasteiger partial charge in [0.2, 0.25) is 23.0 Å². The molecule has 3 N–H and O–H groups in total. The lowest BCUT2D eigenvalue weighted by atomic mass is 9.93. The topological polar surface area (TPSA) is 115 Å². The van der Waals surface area contributed by atoms with Crippen molar-refractivity contribution in [2.24, 2.45) is 23.7 Å². The van der Waals surface area contributed by atoms with E-state index in [1.54, 1.807) is 33.5 Å². The average Bonchev–Trinajstić information content (AvgIpc) is 3.57. The van der Waals surface area contributed by atoms with Crippen molar-refractivity contribution in [3.05, 3.63) is 57.8 Å². The van der Waals surface area contributed by atoms with Crippen LogP contribution >= 0.6 is 0 Å². The molecule has 2 bridgehead atoms. The molecule has 2 amide bonds. The van der Waals surface area contributed by atoms with E-state index in [4.69, 9.17) is 14.2 Å². The number of allylic oxidation sites excluding steroid dienone is 2. The SMILES string of the molecule is CC[C@@H](C)[C@H](Nc1ccc2c(cc1=O)[C@@H](NC(C)=O)CCc1cc(OC)c(OC)c(OC)c1-2)C(=O)NC[C@@H]1C[C@H]2C=C[C@@H]1C2. The summed E-state index contributed by atoms with van der Waals surface area (Å²) in [4.78, 5) is 39.7. The third kappa shape index (κ3) is 6.14. The molecule has 5 rings (SSSR count). The minimum atomic E-state index is -0.582. The van der Waals surface area contributed by atoms with E-state index in [2.05, 4.69) is 28.1 Å². The van der Waals surface area contributed by atoms with E-state index >= 15 is 0 Å². The lowest BCUT2D eigenvalue weighted by Crippen LogP contribution is -2.46. The van der Waals surface area contributed by atoms with E-state index in [0.717, 1.165) is 29.5 Å². The second kappa shape index (κ2) is 13.3. The van der Waals surface area contributed by atoms with Crippen molar-refractivity contribution in [2.45, 2.75) is 65.0 Å². The molecule has 1 fully saturated rings. The van der Waals surface area contributed by atoms with Crippen LogP contribution in [0.5, 0.6) is 17.2 Å². The molecule has 0 saturated heterocycles. The zero-order valence-corrected chi connectivity index (χ0v) is 26.6. The van der Waals surface area contributed by atoms with Crippen LogP contribution in [0.2, 0.25) is 0 Å². The Labute approximate surface area is 259 Å². The summed E-state index contributed by atoms with van der Waals surface area (Å²) in [5.41, 5.74) is 3.22. The Morgan fingerprint density at radius 3 is 2.41 bits per heavy atom. The Balaban J connectivity index is 1.54. The lowest BCUT2D eigenvalue weighted by molar-refractivity contribution is -0.123. The Morgan fingerprint density at radius 1 is 1.02 bits per heavy atom. The van der Waals surface area contributed by atoms with Gasteiger partial charge in [0.25, 0.3) is 0 Å². The maximum absolute atomic E-state index is 13.9. The van der Waals surface area contributed by atoms with E-state index in [0.29, 0.717) is 65.6 Å². The van der Waals surface area contributed by atoms with Crippen molar-refractivity contribution in [2.75, 3.05) is 33.2 Å². The minimum Gasteiger partial charge on any atom is -0.493 e. The van der Waals surface area contributed by atoms with Crippen LogP contribution in [0.1, 0.15) is 63.6 Å². The summed E-state index contributed by atoms with van der Waals surface area (Å²) in [5.74, 6) is 2.83. The number of carbonyl (C=O) groups excluding carboxylic acids is 2. The molecule has 9 heteroatoms. The van der Waals surface area contributed by atoms with E-state index in [-0.39, 0.29) is 23.2 Å². The van der Waals surface area contributed by atoms with Gasteiger partial charge in [-0.05, 0) is 84.2 Å². The molecule has 0 unspecified atom stereocenters. The van der Waals surface area contributed by atoms with Crippen LogP contribution in [0.25, 0.3) is 11.1 Å². The highest BCUT2D eigenvalue weighted by Crippen LogP contribution is 2.50. The molecular formula is C35H45N3O6. The predicted octanol–water partition coefficient (Wildman–Crippen LogP) is 5.02. The fourth-order valence-corrected chi connectivity index (χ4v) is 7.17. The van der Waals surface area contributed by atoms with Gasteiger partial charge in [0.15, 0.2) is 11.5 Å². The van der Waals surface area contributed by atoms with E-state index < -0.39 is 12.1 Å². The molecule has 236 valence electrons. The quantitative estimate of drug-likeness (QED) is 0.309. The number of fused-ring (bicyclic) bond motifs is 5. The number of carbonyl (C=O) groups is 2. The van der Waals surface area contributed by atoms with Crippen molar-refractivity contribution in [3.63, 3.8) is 0 Å². The van der Waals surface area contributed by atoms with Gasteiger partial charge in [0.05, 0.1) is 33.1 Å². The minimum absolute atomic E-state index is 0.0117. The molecule has 1 saturated carbocycles. The zero-order chi connectivity index (χ0) is 31.5. The summed E-state index contributed by atoms with van der Waals surface area (Å²) in [6, 6.07) is 6.13. The standard InChI is InChI=1S/C35H45N3O6/c1-7-19(2)32(35(41)36-18-24-15-21-8-9-22(24)14-21)38-28-13-11-25-26(17-29(28)40)27(37-20(3)39)12-10-23-16-30(42-4)33(43-5)34(44-6)31(23)25/h8-9,11,13,16-17,19,21-22,24,27,32H,7,10,12,14-15,18H2,1-6H3,(H,36,41)(H,37,39)(H,38,40)/t19-,21+,22-,24+,27+,32+/m1/s1. The van der Waals surface area contributed by atoms with Crippen LogP contribution in [0.3, 0.4) is 0 Å². The van der Waals surface area contributed by atoms with Crippen LogP contribution in [-0.2, 0) is 16.0 Å². The number of nitrogens with one attached hydrogen (secondary N) is 3. The maximum atomic E-state index is 13.9. The van der Waals surface area contributed by atoms with Gasteiger partial charge < -0.3 is 30.2 Å². The van der Waals surface area contributed by atoms with Gasteiger partial charge >= 0.3 is 0 Å². The molecule has 0 spiro atoms. The third-order valence-electron chi connectivity index (χ3n) is 9.68. The van der Waals surface area contributed by atoms with Crippen LogP contribution in [0, 0.1) is 23.7 Å². The normalized spacial score (nSPS) is 22.6. The average molecular weight is 604 g/mol. The van der Waals surface area contributed by atoms with Gasteiger partial charge in [-0.2, -0.15) is 0 Å². The van der Waals surface area contributed by atoms with Crippen molar-refractivity contribution in [1.82, 2.24) is 10.6 Å². The van der Waals surface area contributed by atoms with Crippen LogP contribution < -0.4 is 35.6 Å². The van der Waals surface area contributed by atoms with Crippen LogP contribution in [0.15, 0.2) is 41.2 Å².